The lowest BCUT2D eigenvalue weighted by molar-refractivity contribution is -0.143. The van der Waals surface area contributed by atoms with Gasteiger partial charge in [0.2, 0.25) is 17.7 Å². The van der Waals surface area contributed by atoms with Crippen LogP contribution in [0.3, 0.4) is 0 Å². The van der Waals surface area contributed by atoms with Gasteiger partial charge in [0.1, 0.15) is 12.1 Å². The minimum atomic E-state index is -1.16. The van der Waals surface area contributed by atoms with E-state index in [-0.39, 0.29) is 12.3 Å². The van der Waals surface area contributed by atoms with Crippen LogP contribution in [-0.4, -0.2) is 70.0 Å². The molecule has 31 heavy (non-hydrogen) atoms. The van der Waals surface area contributed by atoms with Crippen molar-refractivity contribution in [3.8, 4) is 0 Å². The Balaban J connectivity index is 2.64. The van der Waals surface area contributed by atoms with Crippen LogP contribution in [0, 0.1) is 5.92 Å². The van der Waals surface area contributed by atoms with Gasteiger partial charge >= 0.3 is 5.97 Å². The van der Waals surface area contributed by atoms with E-state index in [1.165, 1.54) is 6.33 Å². The molecule has 0 fully saturated rings. The van der Waals surface area contributed by atoms with Gasteiger partial charge in [-0.25, -0.2) is 9.78 Å². The molecule has 0 spiro atoms. The van der Waals surface area contributed by atoms with E-state index in [1.807, 2.05) is 0 Å². The van der Waals surface area contributed by atoms with Crippen LogP contribution in [0.2, 0.25) is 0 Å². The van der Waals surface area contributed by atoms with Gasteiger partial charge < -0.3 is 37.5 Å². The number of nitrogens with one attached hydrogen (secondary N) is 4. The first-order valence-corrected chi connectivity index (χ1v) is 10.2. The lowest BCUT2D eigenvalue weighted by atomic mass is 10.0. The van der Waals surface area contributed by atoms with E-state index in [9.17, 15) is 19.2 Å². The number of hydrogen-bond acceptors (Lipinski definition) is 7. The summed E-state index contributed by atoms with van der Waals surface area (Å²) in [4.78, 5) is 54.9. The van der Waals surface area contributed by atoms with E-state index in [2.05, 4.69) is 25.9 Å². The second-order valence-corrected chi connectivity index (χ2v) is 7.58. The number of aromatic amines is 1. The predicted octanol–water partition coefficient (Wildman–Crippen LogP) is -1.77. The van der Waals surface area contributed by atoms with E-state index in [1.54, 1.807) is 20.0 Å². The topological polar surface area (TPSA) is 205 Å². The molecule has 0 aliphatic heterocycles. The van der Waals surface area contributed by atoms with E-state index in [0.717, 1.165) is 0 Å². The Bertz CT molecular complexity index is 723. The molecule has 0 radical (unpaired) electrons. The first-order chi connectivity index (χ1) is 14.6. The Labute approximate surface area is 180 Å². The molecule has 3 unspecified atom stereocenters. The molecule has 9 N–H and O–H groups in total. The number of amides is 3. The van der Waals surface area contributed by atoms with Crippen LogP contribution in [-0.2, 0) is 25.6 Å². The fraction of sp³-hybridized carbons (Fsp3) is 0.632. The number of aromatic nitrogens is 2. The van der Waals surface area contributed by atoms with Crippen LogP contribution < -0.4 is 27.4 Å². The van der Waals surface area contributed by atoms with Crippen molar-refractivity contribution in [3.63, 3.8) is 0 Å². The van der Waals surface area contributed by atoms with Crippen molar-refractivity contribution in [2.75, 3.05) is 13.1 Å². The van der Waals surface area contributed by atoms with Crippen LogP contribution in [0.15, 0.2) is 12.5 Å². The number of carbonyl (C=O) groups is 4. The maximum Gasteiger partial charge on any atom is 0.326 e. The molecule has 1 rings (SSSR count). The molecule has 3 amide bonds. The predicted molar refractivity (Wildman–Crippen MR) is 113 cm³/mol. The Hall–Kier alpha value is -2.99. The van der Waals surface area contributed by atoms with Crippen molar-refractivity contribution in [1.82, 2.24) is 25.9 Å². The summed E-state index contributed by atoms with van der Waals surface area (Å²) in [7, 11) is 0. The number of carbonyl (C=O) groups excluding carboxylic acids is 3. The van der Waals surface area contributed by atoms with Crippen LogP contribution in [0.1, 0.15) is 38.8 Å². The van der Waals surface area contributed by atoms with Crippen molar-refractivity contribution < 1.29 is 24.3 Å². The molecule has 0 aromatic carbocycles. The number of rotatable bonds is 14. The fourth-order valence-electron chi connectivity index (χ4n) is 2.79. The molecule has 12 nitrogen and oxygen atoms in total. The highest BCUT2D eigenvalue weighted by Crippen LogP contribution is 2.04. The van der Waals surface area contributed by atoms with Crippen molar-refractivity contribution >= 4 is 23.7 Å². The molecule has 174 valence electrons. The standard InChI is InChI=1S/C19H33N7O5/c1-11(2)16(19(30)31)26-15(27)9-23-18(29)14(5-3-4-6-20)25-17(28)13(21)7-12-8-22-10-24-12/h8,10-11,13-14,16H,3-7,9,20-21H2,1-2H3,(H,22,24)(H,23,29)(H,25,28)(H,26,27)(H,30,31). The molecule has 0 aliphatic rings. The van der Waals surface area contributed by atoms with E-state index < -0.39 is 48.4 Å². The molecule has 0 saturated heterocycles. The SMILES string of the molecule is CC(C)C(NC(=O)CNC(=O)C(CCCCN)NC(=O)C(N)Cc1cnc[nH]1)C(=O)O. The number of carboxylic acids is 1. The maximum absolute atomic E-state index is 12.6. The number of imidazole rings is 1. The number of unbranched alkanes of at least 4 members (excludes halogenated alkanes) is 1. The molecule has 0 saturated carbocycles. The number of hydrogen-bond donors (Lipinski definition) is 7. The van der Waals surface area contributed by atoms with Gasteiger partial charge in [-0.3, -0.25) is 14.4 Å². The molecule has 1 aromatic heterocycles. The van der Waals surface area contributed by atoms with Gasteiger partial charge in [-0.15, -0.1) is 0 Å². The quantitative estimate of drug-likeness (QED) is 0.165. The Morgan fingerprint density at radius 1 is 1.16 bits per heavy atom. The van der Waals surface area contributed by atoms with E-state index >= 15 is 0 Å². The molecule has 0 aliphatic carbocycles. The van der Waals surface area contributed by atoms with Gasteiger partial charge in [0.15, 0.2) is 0 Å². The third kappa shape index (κ3) is 9.57. The highest BCUT2D eigenvalue weighted by Gasteiger charge is 2.26. The number of carboxylic acid groups (broad SMARTS) is 1. The molecule has 12 heteroatoms. The average molecular weight is 440 g/mol. The minimum absolute atomic E-state index is 0.219. The molecule has 1 aromatic rings. The smallest absolute Gasteiger partial charge is 0.326 e. The summed E-state index contributed by atoms with van der Waals surface area (Å²) in [6, 6.07) is -2.86. The molecule has 3 atom stereocenters. The summed E-state index contributed by atoms with van der Waals surface area (Å²) in [6.07, 6.45) is 4.81. The first-order valence-electron chi connectivity index (χ1n) is 10.2. The zero-order valence-corrected chi connectivity index (χ0v) is 17.9. The van der Waals surface area contributed by atoms with Crippen LogP contribution in [0.25, 0.3) is 0 Å². The van der Waals surface area contributed by atoms with Crippen molar-refractivity contribution in [3.05, 3.63) is 18.2 Å². The number of nitrogens with zero attached hydrogens (tertiary/aromatic N) is 1. The number of aliphatic carboxylic acids is 1. The van der Waals surface area contributed by atoms with Crippen molar-refractivity contribution in [1.29, 1.82) is 0 Å². The molecule has 0 bridgehead atoms. The van der Waals surface area contributed by atoms with Gasteiger partial charge in [0.25, 0.3) is 0 Å². The van der Waals surface area contributed by atoms with Crippen molar-refractivity contribution in [2.24, 2.45) is 17.4 Å². The Morgan fingerprint density at radius 2 is 1.87 bits per heavy atom. The van der Waals surface area contributed by atoms with E-state index in [0.29, 0.717) is 31.5 Å². The van der Waals surface area contributed by atoms with E-state index in [4.69, 9.17) is 16.6 Å². The summed E-state index contributed by atoms with van der Waals surface area (Å²) >= 11 is 0. The summed E-state index contributed by atoms with van der Waals surface area (Å²) in [5.41, 5.74) is 12.1. The van der Waals surface area contributed by atoms with Crippen LogP contribution in [0.5, 0.6) is 0 Å². The zero-order chi connectivity index (χ0) is 23.4. The molecular formula is C19H33N7O5. The summed E-state index contributed by atoms with van der Waals surface area (Å²) in [6.45, 7) is 3.34. The zero-order valence-electron chi connectivity index (χ0n) is 17.9. The highest BCUT2D eigenvalue weighted by molar-refractivity contribution is 5.92. The maximum atomic E-state index is 12.6. The summed E-state index contributed by atoms with van der Waals surface area (Å²) < 4.78 is 0. The third-order valence-electron chi connectivity index (χ3n) is 4.58. The highest BCUT2D eigenvalue weighted by atomic mass is 16.4. The average Bonchev–Trinajstić information content (AvgIpc) is 3.21. The van der Waals surface area contributed by atoms with Crippen LogP contribution in [0.4, 0.5) is 0 Å². The van der Waals surface area contributed by atoms with Gasteiger partial charge in [-0.05, 0) is 31.7 Å². The number of nitrogens with two attached hydrogens (primary N) is 2. The first kappa shape index (κ1) is 26.0. The fourth-order valence-corrected chi connectivity index (χ4v) is 2.79. The summed E-state index contributed by atoms with van der Waals surface area (Å²) in [5.74, 6) is -3.20. The van der Waals surface area contributed by atoms with Crippen molar-refractivity contribution in [2.45, 2.75) is 57.7 Å². The molecular weight excluding hydrogens is 406 g/mol. The second-order valence-electron chi connectivity index (χ2n) is 7.58. The Morgan fingerprint density at radius 3 is 2.42 bits per heavy atom. The van der Waals surface area contributed by atoms with Gasteiger partial charge in [0, 0.05) is 18.3 Å². The Kier molecular flexibility index (Phi) is 11.2. The van der Waals surface area contributed by atoms with Crippen LogP contribution >= 0.6 is 0 Å². The molecule has 1 heterocycles. The monoisotopic (exact) mass is 439 g/mol. The van der Waals surface area contributed by atoms with Gasteiger partial charge in [-0.2, -0.15) is 0 Å². The van der Waals surface area contributed by atoms with Gasteiger partial charge in [0.05, 0.1) is 18.9 Å². The second kappa shape index (κ2) is 13.3. The largest absolute Gasteiger partial charge is 0.480 e. The normalized spacial score (nSPS) is 13.8. The third-order valence-corrected chi connectivity index (χ3v) is 4.58. The van der Waals surface area contributed by atoms with Gasteiger partial charge in [-0.1, -0.05) is 13.8 Å². The lowest BCUT2D eigenvalue weighted by Crippen LogP contribution is -2.54. The minimum Gasteiger partial charge on any atom is -0.480 e. The lowest BCUT2D eigenvalue weighted by Gasteiger charge is -2.21. The summed E-state index contributed by atoms with van der Waals surface area (Å²) in [5, 5.41) is 16.6. The number of H-pyrrole nitrogens is 1.